The standard InChI is InChI=1S/C21H25N5O2S/c1-13(26-7-9-28-10-8-26)21(27)25(2)19-12-16-18(29-19)11-17(24-16)20(23)14-5-3-4-6-15(14)22/h3-6,11-13,23-24H,7-10,22H2,1-2H3/t13-/m0/s1. The number of benzene rings is 1. The second-order valence-electron chi connectivity index (χ2n) is 7.23. The molecule has 4 rings (SSSR count). The Morgan fingerprint density at radius 2 is 2.03 bits per heavy atom. The molecule has 0 radical (unpaired) electrons. The molecule has 1 fully saturated rings. The minimum absolute atomic E-state index is 0.0702. The monoisotopic (exact) mass is 411 g/mol. The van der Waals surface area contributed by atoms with Gasteiger partial charge in [-0.3, -0.25) is 15.1 Å². The van der Waals surface area contributed by atoms with E-state index in [4.69, 9.17) is 15.9 Å². The molecule has 152 valence electrons. The van der Waals surface area contributed by atoms with Crippen LogP contribution in [-0.2, 0) is 9.53 Å². The highest BCUT2D eigenvalue weighted by Crippen LogP contribution is 2.33. The van der Waals surface area contributed by atoms with Crippen LogP contribution in [0.4, 0.5) is 10.7 Å². The van der Waals surface area contributed by atoms with Gasteiger partial charge in [0.1, 0.15) is 5.00 Å². The largest absolute Gasteiger partial charge is 0.398 e. The van der Waals surface area contributed by atoms with Crippen molar-refractivity contribution in [2.24, 2.45) is 0 Å². The van der Waals surface area contributed by atoms with E-state index in [2.05, 4.69) is 9.88 Å². The van der Waals surface area contributed by atoms with E-state index < -0.39 is 0 Å². The number of ether oxygens (including phenoxy) is 1. The summed E-state index contributed by atoms with van der Waals surface area (Å²) in [6, 6.07) is 11.1. The molecular weight excluding hydrogens is 386 g/mol. The normalized spacial score (nSPS) is 16.1. The molecule has 1 saturated heterocycles. The summed E-state index contributed by atoms with van der Waals surface area (Å²) in [5.41, 5.74) is 9.28. The number of aromatic amines is 1. The molecule has 1 amide bonds. The lowest BCUT2D eigenvalue weighted by molar-refractivity contribution is -0.124. The minimum atomic E-state index is -0.186. The predicted octanol–water partition coefficient (Wildman–Crippen LogP) is 2.91. The number of amides is 1. The number of rotatable bonds is 5. The summed E-state index contributed by atoms with van der Waals surface area (Å²) in [5, 5.41) is 9.36. The number of para-hydroxylation sites is 1. The van der Waals surface area contributed by atoms with Crippen LogP contribution in [0.3, 0.4) is 0 Å². The summed E-state index contributed by atoms with van der Waals surface area (Å²) in [7, 11) is 1.82. The second kappa shape index (κ2) is 7.98. The molecule has 0 saturated carbocycles. The van der Waals surface area contributed by atoms with E-state index >= 15 is 0 Å². The molecule has 1 aliphatic rings. The van der Waals surface area contributed by atoms with Gasteiger partial charge in [-0.2, -0.15) is 0 Å². The molecule has 3 aromatic rings. The van der Waals surface area contributed by atoms with Crippen LogP contribution in [-0.4, -0.2) is 60.9 Å². The quantitative estimate of drug-likeness (QED) is 0.444. The number of carbonyl (C=O) groups excluding carboxylic acids is 1. The lowest BCUT2D eigenvalue weighted by Crippen LogP contribution is -2.50. The number of likely N-dealkylation sites (N-methyl/N-ethyl adjacent to an activating group) is 1. The van der Waals surface area contributed by atoms with Crippen LogP contribution >= 0.6 is 11.3 Å². The smallest absolute Gasteiger partial charge is 0.244 e. The van der Waals surface area contributed by atoms with Crippen LogP contribution in [0.1, 0.15) is 18.2 Å². The Morgan fingerprint density at radius 3 is 2.72 bits per heavy atom. The highest BCUT2D eigenvalue weighted by atomic mass is 32.1. The predicted molar refractivity (Wildman–Crippen MR) is 118 cm³/mol. The molecule has 0 bridgehead atoms. The molecule has 3 heterocycles. The first-order chi connectivity index (χ1) is 14.0. The minimum Gasteiger partial charge on any atom is -0.398 e. The van der Waals surface area contributed by atoms with Gasteiger partial charge in [0.2, 0.25) is 5.91 Å². The Bertz CT molecular complexity index is 1020. The van der Waals surface area contributed by atoms with Crippen molar-refractivity contribution >= 4 is 43.9 Å². The number of morpholine rings is 1. The number of hydrogen-bond donors (Lipinski definition) is 3. The van der Waals surface area contributed by atoms with Gasteiger partial charge in [-0.05, 0) is 25.1 Å². The van der Waals surface area contributed by atoms with E-state index in [1.165, 1.54) is 11.3 Å². The van der Waals surface area contributed by atoms with Gasteiger partial charge in [0.05, 0.1) is 40.9 Å². The summed E-state index contributed by atoms with van der Waals surface area (Å²) in [4.78, 5) is 20.1. The van der Waals surface area contributed by atoms with Crippen LogP contribution in [0, 0.1) is 5.41 Å². The van der Waals surface area contributed by atoms with Crippen molar-refractivity contribution in [3.05, 3.63) is 47.7 Å². The third-order valence-corrected chi connectivity index (χ3v) is 6.56. The Hall–Kier alpha value is -2.68. The van der Waals surface area contributed by atoms with Crippen LogP contribution in [0.2, 0.25) is 0 Å². The van der Waals surface area contributed by atoms with Gasteiger partial charge in [0.15, 0.2) is 0 Å². The van der Waals surface area contributed by atoms with Crippen LogP contribution in [0.25, 0.3) is 10.2 Å². The van der Waals surface area contributed by atoms with Gasteiger partial charge in [-0.25, -0.2) is 0 Å². The highest BCUT2D eigenvalue weighted by molar-refractivity contribution is 7.23. The summed E-state index contributed by atoms with van der Waals surface area (Å²) in [6.07, 6.45) is 0. The number of H-pyrrole nitrogens is 1. The molecule has 29 heavy (non-hydrogen) atoms. The van der Waals surface area contributed by atoms with Gasteiger partial charge >= 0.3 is 0 Å². The summed E-state index contributed by atoms with van der Waals surface area (Å²) in [6.45, 7) is 4.85. The number of nitrogens with one attached hydrogen (secondary N) is 2. The fourth-order valence-electron chi connectivity index (χ4n) is 3.59. The number of carbonyl (C=O) groups is 1. The first kappa shape index (κ1) is 19.6. The molecule has 4 N–H and O–H groups in total. The first-order valence-corrected chi connectivity index (χ1v) is 10.4. The molecule has 0 spiro atoms. The van der Waals surface area contributed by atoms with E-state index in [9.17, 15) is 4.79 Å². The summed E-state index contributed by atoms with van der Waals surface area (Å²) >= 11 is 1.54. The first-order valence-electron chi connectivity index (χ1n) is 9.61. The van der Waals surface area contributed by atoms with Gasteiger partial charge in [-0.1, -0.05) is 18.2 Å². The Labute approximate surface area is 173 Å². The topological polar surface area (TPSA) is 98.4 Å². The summed E-state index contributed by atoms with van der Waals surface area (Å²) in [5.74, 6) is 0.0702. The van der Waals surface area contributed by atoms with Crippen molar-refractivity contribution in [1.82, 2.24) is 9.88 Å². The Balaban J connectivity index is 1.52. The highest BCUT2D eigenvalue weighted by Gasteiger charge is 2.27. The van der Waals surface area contributed by atoms with Crippen LogP contribution in [0.15, 0.2) is 36.4 Å². The molecule has 1 atom stereocenters. The number of nitrogens with zero attached hydrogens (tertiary/aromatic N) is 2. The zero-order valence-electron chi connectivity index (χ0n) is 16.6. The number of hydrogen-bond acceptors (Lipinski definition) is 6. The average molecular weight is 412 g/mol. The Morgan fingerprint density at radius 1 is 1.31 bits per heavy atom. The van der Waals surface area contributed by atoms with E-state index in [0.717, 1.165) is 28.3 Å². The fraction of sp³-hybridized carbons (Fsp3) is 0.333. The van der Waals surface area contributed by atoms with Crippen molar-refractivity contribution in [3.8, 4) is 0 Å². The maximum atomic E-state index is 12.9. The van der Waals surface area contributed by atoms with Gasteiger partial charge in [0, 0.05) is 31.4 Å². The lowest BCUT2D eigenvalue weighted by atomic mass is 10.1. The van der Waals surface area contributed by atoms with E-state index in [1.807, 2.05) is 44.3 Å². The summed E-state index contributed by atoms with van der Waals surface area (Å²) < 4.78 is 6.39. The number of aromatic nitrogens is 1. The number of nitrogens with two attached hydrogens (primary N) is 1. The SMILES string of the molecule is C[C@@H](C(=O)N(C)c1cc2[nH]c(C(=N)c3ccccc3N)cc2s1)N1CCOCC1. The van der Waals surface area contributed by atoms with E-state index in [1.54, 1.807) is 11.0 Å². The molecule has 7 nitrogen and oxygen atoms in total. The molecule has 0 aliphatic carbocycles. The molecule has 8 heteroatoms. The van der Waals surface area contributed by atoms with E-state index in [0.29, 0.717) is 35.9 Å². The van der Waals surface area contributed by atoms with Gasteiger partial charge in [0.25, 0.3) is 0 Å². The molecule has 1 aromatic carbocycles. The molecule has 1 aliphatic heterocycles. The number of anilines is 2. The van der Waals surface area contributed by atoms with Crippen molar-refractivity contribution in [1.29, 1.82) is 5.41 Å². The zero-order chi connectivity index (χ0) is 20.5. The van der Waals surface area contributed by atoms with Crippen molar-refractivity contribution < 1.29 is 9.53 Å². The maximum absolute atomic E-state index is 12.9. The molecule has 2 aromatic heterocycles. The van der Waals surface area contributed by atoms with Crippen LogP contribution < -0.4 is 10.6 Å². The molecule has 0 unspecified atom stereocenters. The average Bonchev–Trinajstić information content (AvgIpc) is 3.32. The van der Waals surface area contributed by atoms with Crippen molar-refractivity contribution in [2.75, 3.05) is 44.0 Å². The fourth-order valence-corrected chi connectivity index (χ4v) is 4.61. The zero-order valence-corrected chi connectivity index (χ0v) is 17.4. The van der Waals surface area contributed by atoms with Crippen molar-refractivity contribution in [3.63, 3.8) is 0 Å². The Kier molecular flexibility index (Phi) is 5.40. The third-order valence-electron chi connectivity index (χ3n) is 5.40. The van der Waals surface area contributed by atoms with Gasteiger partial charge in [-0.15, -0.1) is 11.3 Å². The number of thiophene rings is 1. The van der Waals surface area contributed by atoms with Gasteiger partial charge < -0.3 is 20.4 Å². The lowest BCUT2D eigenvalue weighted by Gasteiger charge is -2.33. The number of fused-ring (bicyclic) bond motifs is 1. The maximum Gasteiger partial charge on any atom is 0.244 e. The van der Waals surface area contributed by atoms with E-state index in [-0.39, 0.29) is 11.9 Å². The second-order valence-corrected chi connectivity index (χ2v) is 8.29. The third kappa shape index (κ3) is 3.78. The van der Waals surface area contributed by atoms with Crippen molar-refractivity contribution in [2.45, 2.75) is 13.0 Å². The number of nitrogen functional groups attached to an aromatic ring is 1. The van der Waals surface area contributed by atoms with Crippen LogP contribution in [0.5, 0.6) is 0 Å². The molecular formula is C21H25N5O2S.